The van der Waals surface area contributed by atoms with Crippen molar-refractivity contribution in [3.8, 4) is 0 Å². The Balaban J connectivity index is 2.26. The Morgan fingerprint density at radius 1 is 1.43 bits per heavy atom. The molecule has 0 radical (unpaired) electrons. The third-order valence-corrected chi connectivity index (χ3v) is 2.61. The summed E-state index contributed by atoms with van der Waals surface area (Å²) in [6.45, 7) is 7.84. The lowest BCUT2D eigenvalue weighted by atomic mass is 10.2. The molecule has 0 bridgehead atoms. The van der Waals surface area contributed by atoms with Crippen LogP contribution in [0.25, 0.3) is 11.0 Å². The van der Waals surface area contributed by atoms with Crippen LogP contribution in [-0.2, 0) is 11.3 Å². The minimum Gasteiger partial charge on any atom is -0.444 e. The number of halogens is 1. The number of hydrogen-bond donors (Lipinski definition) is 1. The van der Waals surface area contributed by atoms with Crippen molar-refractivity contribution in [3.05, 3.63) is 18.1 Å². The summed E-state index contributed by atoms with van der Waals surface area (Å²) in [5.41, 5.74) is -0.188. The van der Waals surface area contributed by atoms with Crippen molar-refractivity contribution in [1.29, 1.82) is 0 Å². The molecule has 21 heavy (non-hydrogen) atoms. The van der Waals surface area contributed by atoms with Gasteiger partial charge >= 0.3 is 6.09 Å². The summed E-state index contributed by atoms with van der Waals surface area (Å²) in [6, 6.07) is 3.07. The molecule has 2 rings (SSSR count). The van der Waals surface area contributed by atoms with Crippen LogP contribution in [0.2, 0.25) is 0 Å². The van der Waals surface area contributed by atoms with Crippen molar-refractivity contribution in [2.24, 2.45) is 0 Å². The fraction of sp³-hybridized carbons (Fsp3) is 0.500. The summed E-state index contributed by atoms with van der Waals surface area (Å²) in [6.07, 6.45) is 0.207. The van der Waals surface area contributed by atoms with Crippen LogP contribution in [0, 0.1) is 5.95 Å². The third kappa shape index (κ3) is 3.68. The molecule has 1 N–H and O–H groups in total. The lowest BCUT2D eigenvalue weighted by Gasteiger charge is -2.19. The Labute approximate surface area is 122 Å². The number of rotatable bonds is 3. The molecule has 0 aromatic carbocycles. The first-order valence-corrected chi connectivity index (χ1v) is 6.83. The second-order valence-electron chi connectivity index (χ2n) is 5.71. The second kappa shape index (κ2) is 5.67. The van der Waals surface area contributed by atoms with E-state index in [1.165, 1.54) is 10.7 Å². The van der Waals surface area contributed by atoms with E-state index >= 15 is 0 Å². The predicted octanol–water partition coefficient (Wildman–Crippen LogP) is 3.33. The van der Waals surface area contributed by atoms with Crippen molar-refractivity contribution < 1.29 is 13.9 Å². The maximum Gasteiger partial charge on any atom is 0.413 e. The molecule has 0 aliphatic rings. The molecule has 114 valence electrons. The number of pyridine rings is 1. The van der Waals surface area contributed by atoms with Crippen LogP contribution >= 0.6 is 0 Å². The number of aryl methyl sites for hydroxylation is 1. The van der Waals surface area contributed by atoms with E-state index in [0.717, 1.165) is 6.42 Å². The van der Waals surface area contributed by atoms with Gasteiger partial charge in [-0.3, -0.25) is 5.32 Å². The van der Waals surface area contributed by atoms with Crippen LogP contribution in [0.15, 0.2) is 12.1 Å². The van der Waals surface area contributed by atoms with Crippen LogP contribution in [0.4, 0.5) is 15.0 Å². The average molecular weight is 294 g/mol. The van der Waals surface area contributed by atoms with Crippen molar-refractivity contribution in [2.45, 2.75) is 46.3 Å². The van der Waals surface area contributed by atoms with E-state index in [-0.39, 0.29) is 0 Å². The Morgan fingerprint density at radius 3 is 2.76 bits per heavy atom. The molecule has 0 aliphatic carbocycles. The van der Waals surface area contributed by atoms with E-state index in [1.807, 2.05) is 6.92 Å². The highest BCUT2D eigenvalue weighted by Gasteiger charge is 2.17. The number of nitrogens with one attached hydrogen (secondary N) is 1. The molecule has 2 aromatic heterocycles. The van der Waals surface area contributed by atoms with Crippen LogP contribution < -0.4 is 5.32 Å². The summed E-state index contributed by atoms with van der Waals surface area (Å²) in [5, 5.41) is 6.67. The van der Waals surface area contributed by atoms with E-state index in [0.29, 0.717) is 23.4 Å². The maximum atomic E-state index is 13.7. The van der Waals surface area contributed by atoms with Crippen molar-refractivity contribution in [1.82, 2.24) is 14.8 Å². The minimum atomic E-state index is -0.601. The summed E-state index contributed by atoms with van der Waals surface area (Å²) in [7, 11) is 0. The molecule has 7 heteroatoms. The van der Waals surface area contributed by atoms with Gasteiger partial charge in [0.2, 0.25) is 5.95 Å². The molecule has 0 saturated carbocycles. The van der Waals surface area contributed by atoms with Gasteiger partial charge in [-0.2, -0.15) is 4.39 Å². The SMILES string of the molecule is CCCn1nc(F)c2ccc(NC(=O)OC(C)(C)C)nc21. The van der Waals surface area contributed by atoms with Crippen molar-refractivity contribution >= 4 is 22.9 Å². The van der Waals surface area contributed by atoms with Crippen LogP contribution in [0.3, 0.4) is 0 Å². The average Bonchev–Trinajstić information content (AvgIpc) is 2.64. The molecule has 2 heterocycles. The number of aromatic nitrogens is 3. The van der Waals surface area contributed by atoms with Crippen LogP contribution in [0.5, 0.6) is 0 Å². The van der Waals surface area contributed by atoms with Gasteiger partial charge in [0.1, 0.15) is 11.4 Å². The van der Waals surface area contributed by atoms with E-state index in [2.05, 4.69) is 15.4 Å². The maximum absolute atomic E-state index is 13.7. The van der Waals surface area contributed by atoms with Crippen LogP contribution in [-0.4, -0.2) is 26.5 Å². The predicted molar refractivity (Wildman–Crippen MR) is 77.6 cm³/mol. The molecule has 0 unspecified atom stereocenters. The smallest absolute Gasteiger partial charge is 0.413 e. The number of anilines is 1. The van der Waals surface area contributed by atoms with Gasteiger partial charge in [0.25, 0.3) is 0 Å². The molecular formula is C14H19FN4O2. The fourth-order valence-corrected chi connectivity index (χ4v) is 1.86. The van der Waals surface area contributed by atoms with E-state index in [4.69, 9.17) is 4.74 Å². The van der Waals surface area contributed by atoms with Crippen molar-refractivity contribution in [3.63, 3.8) is 0 Å². The minimum absolute atomic E-state index is 0.300. The van der Waals surface area contributed by atoms with E-state index in [9.17, 15) is 9.18 Å². The van der Waals surface area contributed by atoms with Gasteiger partial charge in [0.05, 0.1) is 5.39 Å². The lowest BCUT2D eigenvalue weighted by molar-refractivity contribution is 0.0635. The standard InChI is InChI=1S/C14H19FN4O2/c1-5-8-19-12-9(11(15)18-19)6-7-10(16-12)17-13(20)21-14(2,3)4/h6-7H,5,8H2,1-4H3,(H,16,17,20). The zero-order valence-corrected chi connectivity index (χ0v) is 12.6. The highest BCUT2D eigenvalue weighted by molar-refractivity contribution is 5.86. The third-order valence-electron chi connectivity index (χ3n) is 2.61. The van der Waals surface area contributed by atoms with Gasteiger partial charge in [-0.25, -0.2) is 14.5 Å². The second-order valence-corrected chi connectivity index (χ2v) is 5.71. The van der Waals surface area contributed by atoms with Gasteiger partial charge in [-0.1, -0.05) is 6.92 Å². The van der Waals surface area contributed by atoms with Crippen molar-refractivity contribution in [2.75, 3.05) is 5.32 Å². The molecule has 0 saturated heterocycles. The molecule has 0 fully saturated rings. The number of ether oxygens (including phenoxy) is 1. The zero-order valence-electron chi connectivity index (χ0n) is 12.6. The largest absolute Gasteiger partial charge is 0.444 e. The Morgan fingerprint density at radius 2 is 2.14 bits per heavy atom. The molecule has 6 nitrogen and oxygen atoms in total. The monoisotopic (exact) mass is 294 g/mol. The van der Waals surface area contributed by atoms with Gasteiger partial charge in [-0.05, 0) is 39.3 Å². The highest BCUT2D eigenvalue weighted by atomic mass is 19.1. The zero-order chi connectivity index (χ0) is 15.6. The first-order chi connectivity index (χ1) is 9.80. The Bertz CT molecular complexity index is 661. The summed E-state index contributed by atoms with van der Waals surface area (Å²) < 4.78 is 20.3. The molecule has 0 atom stereocenters. The number of nitrogens with zero attached hydrogens (tertiary/aromatic N) is 3. The highest BCUT2D eigenvalue weighted by Crippen LogP contribution is 2.19. The number of amides is 1. The first kappa shape index (κ1) is 15.2. The molecule has 2 aromatic rings. The molecule has 0 spiro atoms. The summed E-state index contributed by atoms with van der Waals surface area (Å²) in [5.74, 6) is -0.260. The normalized spacial score (nSPS) is 11.7. The Kier molecular flexibility index (Phi) is 4.11. The first-order valence-electron chi connectivity index (χ1n) is 6.83. The van der Waals surface area contributed by atoms with E-state index < -0.39 is 17.6 Å². The van der Waals surface area contributed by atoms with Gasteiger partial charge in [0, 0.05) is 6.54 Å². The fourth-order valence-electron chi connectivity index (χ4n) is 1.86. The van der Waals surface area contributed by atoms with Gasteiger partial charge < -0.3 is 4.74 Å². The van der Waals surface area contributed by atoms with Gasteiger partial charge in [-0.15, -0.1) is 5.10 Å². The summed E-state index contributed by atoms with van der Waals surface area (Å²) >= 11 is 0. The van der Waals surface area contributed by atoms with E-state index in [1.54, 1.807) is 26.8 Å². The summed E-state index contributed by atoms with van der Waals surface area (Å²) in [4.78, 5) is 15.9. The van der Waals surface area contributed by atoms with Gasteiger partial charge in [0.15, 0.2) is 5.65 Å². The number of carbonyl (C=O) groups excluding carboxylic acids is 1. The Hall–Kier alpha value is -2.18. The molecular weight excluding hydrogens is 275 g/mol. The quantitative estimate of drug-likeness (QED) is 0.942. The number of fused-ring (bicyclic) bond motifs is 1. The lowest BCUT2D eigenvalue weighted by Crippen LogP contribution is -2.27. The molecule has 0 aliphatic heterocycles. The van der Waals surface area contributed by atoms with Crippen LogP contribution in [0.1, 0.15) is 34.1 Å². The number of carbonyl (C=O) groups is 1. The topological polar surface area (TPSA) is 69.0 Å². The molecule has 1 amide bonds. The number of hydrogen-bond acceptors (Lipinski definition) is 4.